The highest BCUT2D eigenvalue weighted by Gasteiger charge is 2.25. The molecule has 0 radical (unpaired) electrons. The predicted molar refractivity (Wildman–Crippen MR) is 76.4 cm³/mol. The lowest BCUT2D eigenvalue weighted by atomic mass is 9.85. The molecule has 1 aliphatic heterocycles. The first kappa shape index (κ1) is 15.0. The van der Waals surface area contributed by atoms with Gasteiger partial charge in [0.25, 0.3) is 0 Å². The lowest BCUT2D eigenvalue weighted by Gasteiger charge is -2.30. The molecule has 1 aliphatic rings. The molecule has 0 aliphatic carbocycles. The van der Waals surface area contributed by atoms with Crippen molar-refractivity contribution >= 4 is 0 Å². The molecule has 17 heavy (non-hydrogen) atoms. The van der Waals surface area contributed by atoms with E-state index in [0.29, 0.717) is 5.41 Å². The van der Waals surface area contributed by atoms with Gasteiger partial charge < -0.3 is 5.32 Å². The minimum Gasteiger partial charge on any atom is -0.315 e. The number of nitrogens with one attached hydrogen (secondary N) is 1. The number of rotatable bonds is 6. The van der Waals surface area contributed by atoms with Crippen molar-refractivity contribution in [2.24, 2.45) is 5.41 Å². The molecule has 1 unspecified atom stereocenters. The molecule has 0 saturated carbocycles. The van der Waals surface area contributed by atoms with Crippen molar-refractivity contribution in [2.45, 2.75) is 65.8 Å². The second-order valence-corrected chi connectivity index (χ2v) is 6.32. The Balaban J connectivity index is 2.40. The first-order valence-electron chi connectivity index (χ1n) is 7.54. The maximum atomic E-state index is 3.58. The topological polar surface area (TPSA) is 15.3 Å². The monoisotopic (exact) mass is 240 g/mol. The Bertz CT molecular complexity index is 201. The first-order valence-corrected chi connectivity index (χ1v) is 7.54. The number of nitrogens with zero attached hydrogens (tertiary/aromatic N) is 1. The third-order valence-corrected chi connectivity index (χ3v) is 4.17. The molecular formula is C15H32N2. The zero-order valence-corrected chi connectivity index (χ0v) is 12.4. The smallest absolute Gasteiger partial charge is 0.0218 e. The van der Waals surface area contributed by atoms with E-state index in [9.17, 15) is 0 Å². The van der Waals surface area contributed by atoms with Gasteiger partial charge in [0.2, 0.25) is 0 Å². The van der Waals surface area contributed by atoms with Crippen molar-refractivity contribution < 1.29 is 0 Å². The van der Waals surface area contributed by atoms with Gasteiger partial charge in [0.15, 0.2) is 0 Å². The van der Waals surface area contributed by atoms with Crippen molar-refractivity contribution in [1.82, 2.24) is 10.2 Å². The van der Waals surface area contributed by atoms with Gasteiger partial charge in [-0.2, -0.15) is 0 Å². The van der Waals surface area contributed by atoms with Crippen LogP contribution in [-0.2, 0) is 0 Å². The van der Waals surface area contributed by atoms with E-state index < -0.39 is 0 Å². The lowest BCUT2D eigenvalue weighted by Crippen LogP contribution is -2.42. The summed E-state index contributed by atoms with van der Waals surface area (Å²) in [7, 11) is 0. The minimum atomic E-state index is 0.559. The van der Waals surface area contributed by atoms with E-state index in [4.69, 9.17) is 0 Å². The molecule has 0 aromatic carbocycles. The Morgan fingerprint density at radius 3 is 2.59 bits per heavy atom. The highest BCUT2D eigenvalue weighted by molar-refractivity contribution is 4.80. The Morgan fingerprint density at radius 1 is 1.18 bits per heavy atom. The van der Waals surface area contributed by atoms with Gasteiger partial charge in [0, 0.05) is 12.6 Å². The van der Waals surface area contributed by atoms with Crippen molar-refractivity contribution in [1.29, 1.82) is 0 Å². The van der Waals surface area contributed by atoms with E-state index in [2.05, 4.69) is 37.9 Å². The normalized spacial score (nSPS) is 23.3. The number of hydrogen-bond acceptors (Lipinski definition) is 2. The standard InChI is InChI=1S/C15H32N2/c1-5-10-16-13-14(6-2)17-11-7-8-15(3,4)9-12-17/h14,16H,5-13H2,1-4H3. The Morgan fingerprint density at radius 2 is 1.94 bits per heavy atom. The van der Waals surface area contributed by atoms with Crippen LogP contribution in [0.25, 0.3) is 0 Å². The Labute approximate surface area is 108 Å². The molecule has 0 bridgehead atoms. The van der Waals surface area contributed by atoms with Crippen molar-refractivity contribution in [3.05, 3.63) is 0 Å². The van der Waals surface area contributed by atoms with Crippen molar-refractivity contribution in [3.8, 4) is 0 Å². The van der Waals surface area contributed by atoms with E-state index in [1.807, 2.05) is 0 Å². The van der Waals surface area contributed by atoms with Crippen LogP contribution in [0.5, 0.6) is 0 Å². The number of hydrogen-bond donors (Lipinski definition) is 1. The maximum Gasteiger partial charge on any atom is 0.0218 e. The molecule has 1 atom stereocenters. The zero-order valence-electron chi connectivity index (χ0n) is 12.4. The van der Waals surface area contributed by atoms with Crippen LogP contribution in [0.2, 0.25) is 0 Å². The van der Waals surface area contributed by atoms with Gasteiger partial charge in [-0.15, -0.1) is 0 Å². The van der Waals surface area contributed by atoms with Gasteiger partial charge in [-0.05, 0) is 57.2 Å². The molecule has 1 saturated heterocycles. The fraction of sp³-hybridized carbons (Fsp3) is 1.00. The number of likely N-dealkylation sites (tertiary alicyclic amines) is 1. The van der Waals surface area contributed by atoms with E-state index >= 15 is 0 Å². The van der Waals surface area contributed by atoms with Gasteiger partial charge in [0.05, 0.1) is 0 Å². The molecule has 0 aromatic heterocycles. The highest BCUT2D eigenvalue weighted by Crippen LogP contribution is 2.30. The molecule has 2 heteroatoms. The summed E-state index contributed by atoms with van der Waals surface area (Å²) in [5.41, 5.74) is 0.559. The largest absolute Gasteiger partial charge is 0.315 e. The van der Waals surface area contributed by atoms with Crippen molar-refractivity contribution in [2.75, 3.05) is 26.2 Å². The van der Waals surface area contributed by atoms with Gasteiger partial charge in [-0.1, -0.05) is 27.7 Å². The Hall–Kier alpha value is -0.0800. The van der Waals surface area contributed by atoms with Crippen LogP contribution < -0.4 is 5.32 Å². The quantitative estimate of drug-likeness (QED) is 0.717. The van der Waals surface area contributed by atoms with Gasteiger partial charge in [-0.3, -0.25) is 4.90 Å². The molecule has 0 aromatic rings. The highest BCUT2D eigenvalue weighted by atomic mass is 15.2. The van der Waals surface area contributed by atoms with E-state index in [0.717, 1.165) is 12.6 Å². The fourth-order valence-corrected chi connectivity index (χ4v) is 2.79. The molecular weight excluding hydrogens is 208 g/mol. The fourth-order valence-electron chi connectivity index (χ4n) is 2.79. The summed E-state index contributed by atoms with van der Waals surface area (Å²) in [4.78, 5) is 2.72. The third kappa shape index (κ3) is 5.39. The Kier molecular flexibility index (Phi) is 6.50. The van der Waals surface area contributed by atoms with Crippen LogP contribution in [0, 0.1) is 5.41 Å². The van der Waals surface area contributed by atoms with E-state index in [1.54, 1.807) is 0 Å². The van der Waals surface area contributed by atoms with E-state index in [-0.39, 0.29) is 0 Å². The summed E-state index contributed by atoms with van der Waals surface area (Å²) in [6, 6.07) is 0.746. The van der Waals surface area contributed by atoms with Crippen LogP contribution in [0.15, 0.2) is 0 Å². The van der Waals surface area contributed by atoms with Crippen LogP contribution in [-0.4, -0.2) is 37.1 Å². The molecule has 0 amide bonds. The summed E-state index contributed by atoms with van der Waals surface area (Å²) in [5, 5.41) is 3.58. The summed E-state index contributed by atoms with van der Waals surface area (Å²) in [5.74, 6) is 0. The molecule has 1 fully saturated rings. The second kappa shape index (κ2) is 7.38. The molecule has 2 nitrogen and oxygen atoms in total. The van der Waals surface area contributed by atoms with Crippen LogP contribution in [0.4, 0.5) is 0 Å². The van der Waals surface area contributed by atoms with Crippen molar-refractivity contribution in [3.63, 3.8) is 0 Å². The van der Waals surface area contributed by atoms with Gasteiger partial charge in [-0.25, -0.2) is 0 Å². The summed E-state index contributed by atoms with van der Waals surface area (Å²) in [6.07, 6.45) is 6.64. The molecule has 1 heterocycles. The summed E-state index contributed by atoms with van der Waals surface area (Å²) < 4.78 is 0. The maximum absolute atomic E-state index is 3.58. The minimum absolute atomic E-state index is 0.559. The SMILES string of the molecule is CCCNCC(CC)N1CCCC(C)(C)CC1. The van der Waals surface area contributed by atoms with Gasteiger partial charge >= 0.3 is 0 Å². The van der Waals surface area contributed by atoms with Crippen LogP contribution in [0.3, 0.4) is 0 Å². The van der Waals surface area contributed by atoms with Gasteiger partial charge in [0.1, 0.15) is 0 Å². The van der Waals surface area contributed by atoms with E-state index in [1.165, 1.54) is 51.7 Å². The molecule has 1 rings (SSSR count). The lowest BCUT2D eigenvalue weighted by molar-refractivity contribution is 0.185. The van der Waals surface area contributed by atoms with Crippen LogP contribution in [0.1, 0.15) is 59.8 Å². The zero-order chi connectivity index (χ0) is 12.7. The summed E-state index contributed by atoms with van der Waals surface area (Å²) in [6.45, 7) is 14.3. The molecule has 1 N–H and O–H groups in total. The summed E-state index contributed by atoms with van der Waals surface area (Å²) >= 11 is 0. The molecule has 102 valence electrons. The first-order chi connectivity index (χ1) is 8.09. The average molecular weight is 240 g/mol. The third-order valence-electron chi connectivity index (χ3n) is 4.17. The molecule has 0 spiro atoms. The van der Waals surface area contributed by atoms with Crippen LogP contribution >= 0.6 is 0 Å². The second-order valence-electron chi connectivity index (χ2n) is 6.32. The average Bonchev–Trinajstić information content (AvgIpc) is 2.46. The predicted octanol–water partition coefficient (Wildman–Crippen LogP) is 3.28.